The van der Waals surface area contributed by atoms with Gasteiger partial charge in [0.2, 0.25) is 5.91 Å². The maximum Gasteiger partial charge on any atom is 0.237 e. The summed E-state index contributed by atoms with van der Waals surface area (Å²) in [5.74, 6) is 0.939. The summed E-state index contributed by atoms with van der Waals surface area (Å²) in [5.41, 5.74) is 0.0116. The fraction of sp³-hybridized carbons (Fsp3) is 0.933. The summed E-state index contributed by atoms with van der Waals surface area (Å²) >= 11 is 0. The summed E-state index contributed by atoms with van der Waals surface area (Å²) in [7, 11) is 0. The Morgan fingerprint density at radius 2 is 2.00 bits per heavy atom. The van der Waals surface area contributed by atoms with Gasteiger partial charge in [0, 0.05) is 18.0 Å². The molecule has 0 spiro atoms. The quantitative estimate of drug-likeness (QED) is 0.716. The van der Waals surface area contributed by atoms with Gasteiger partial charge in [0.15, 0.2) is 0 Å². The Morgan fingerprint density at radius 1 is 1.21 bits per heavy atom. The first-order valence-corrected chi connectivity index (χ1v) is 7.87. The SMILES string of the molecule is O=C(NCC1(CO)CC1)C1CCC2CCCCC2N1. The average Bonchev–Trinajstić information content (AvgIpc) is 3.25. The molecule has 1 heterocycles. The van der Waals surface area contributed by atoms with Crippen LogP contribution in [0.15, 0.2) is 0 Å². The van der Waals surface area contributed by atoms with Gasteiger partial charge >= 0.3 is 0 Å². The standard InChI is InChI=1S/C15H26N2O2/c18-10-15(7-8-15)9-16-14(19)13-6-5-11-3-1-2-4-12(11)17-13/h11-13,17-18H,1-10H2,(H,16,19). The summed E-state index contributed by atoms with van der Waals surface area (Å²) in [4.78, 5) is 12.2. The predicted molar refractivity (Wildman–Crippen MR) is 73.7 cm³/mol. The van der Waals surface area contributed by atoms with Crippen LogP contribution in [-0.4, -0.2) is 36.2 Å². The Labute approximate surface area is 115 Å². The lowest BCUT2D eigenvalue weighted by molar-refractivity contribution is -0.124. The van der Waals surface area contributed by atoms with Crippen molar-refractivity contribution >= 4 is 5.91 Å². The van der Waals surface area contributed by atoms with Crippen LogP contribution < -0.4 is 10.6 Å². The molecule has 0 aromatic heterocycles. The van der Waals surface area contributed by atoms with Crippen molar-refractivity contribution in [2.45, 2.75) is 63.5 Å². The molecule has 0 aromatic carbocycles. The third kappa shape index (κ3) is 2.95. The third-order valence-electron chi connectivity index (χ3n) is 5.40. The van der Waals surface area contributed by atoms with Gasteiger partial charge in [-0.1, -0.05) is 12.8 Å². The van der Waals surface area contributed by atoms with Crippen LogP contribution in [0, 0.1) is 11.3 Å². The van der Waals surface area contributed by atoms with Crippen LogP contribution in [-0.2, 0) is 4.79 Å². The van der Waals surface area contributed by atoms with Crippen LogP contribution in [0.1, 0.15) is 51.4 Å². The predicted octanol–water partition coefficient (Wildman–Crippen LogP) is 1.19. The maximum atomic E-state index is 12.2. The molecular formula is C15H26N2O2. The molecule has 2 aliphatic carbocycles. The van der Waals surface area contributed by atoms with E-state index >= 15 is 0 Å². The Bertz CT molecular complexity index is 341. The monoisotopic (exact) mass is 266 g/mol. The van der Waals surface area contributed by atoms with E-state index in [-0.39, 0.29) is 24.0 Å². The molecule has 3 atom stereocenters. The minimum Gasteiger partial charge on any atom is -0.396 e. The van der Waals surface area contributed by atoms with E-state index in [0.29, 0.717) is 12.6 Å². The second-order valence-corrected chi connectivity index (χ2v) is 6.82. The van der Waals surface area contributed by atoms with Crippen LogP contribution >= 0.6 is 0 Å². The lowest BCUT2D eigenvalue weighted by Crippen LogP contribution is -2.55. The molecule has 1 amide bonds. The zero-order valence-corrected chi connectivity index (χ0v) is 11.7. The number of rotatable bonds is 4. The number of aliphatic hydroxyl groups excluding tert-OH is 1. The van der Waals surface area contributed by atoms with Crippen molar-refractivity contribution in [3.63, 3.8) is 0 Å². The maximum absolute atomic E-state index is 12.2. The lowest BCUT2D eigenvalue weighted by atomic mass is 9.77. The molecule has 1 saturated heterocycles. The third-order valence-corrected chi connectivity index (χ3v) is 5.40. The second kappa shape index (κ2) is 5.41. The van der Waals surface area contributed by atoms with Crippen molar-refractivity contribution in [3.05, 3.63) is 0 Å². The first kappa shape index (κ1) is 13.4. The van der Waals surface area contributed by atoms with E-state index in [0.717, 1.165) is 25.2 Å². The minimum absolute atomic E-state index is 0.00570. The first-order chi connectivity index (χ1) is 9.22. The van der Waals surface area contributed by atoms with Crippen LogP contribution in [0.4, 0.5) is 0 Å². The van der Waals surface area contributed by atoms with Crippen LogP contribution in [0.2, 0.25) is 0 Å². The van der Waals surface area contributed by atoms with E-state index in [1.807, 2.05) is 0 Å². The van der Waals surface area contributed by atoms with Crippen molar-refractivity contribution in [1.29, 1.82) is 0 Å². The van der Waals surface area contributed by atoms with E-state index in [1.54, 1.807) is 0 Å². The average molecular weight is 266 g/mol. The second-order valence-electron chi connectivity index (χ2n) is 6.82. The topological polar surface area (TPSA) is 61.4 Å². The summed E-state index contributed by atoms with van der Waals surface area (Å²) in [6.07, 6.45) is 9.49. The zero-order valence-electron chi connectivity index (χ0n) is 11.7. The van der Waals surface area contributed by atoms with Gasteiger partial charge in [-0.2, -0.15) is 0 Å². The highest BCUT2D eigenvalue weighted by Gasteiger charge is 2.43. The fourth-order valence-corrected chi connectivity index (χ4v) is 3.67. The molecule has 0 aromatic rings. The Hall–Kier alpha value is -0.610. The van der Waals surface area contributed by atoms with Gasteiger partial charge in [-0.3, -0.25) is 4.79 Å². The van der Waals surface area contributed by atoms with E-state index < -0.39 is 0 Å². The van der Waals surface area contributed by atoms with E-state index in [1.165, 1.54) is 32.1 Å². The Morgan fingerprint density at radius 3 is 2.74 bits per heavy atom. The molecule has 3 fully saturated rings. The molecular weight excluding hydrogens is 240 g/mol. The van der Waals surface area contributed by atoms with Crippen molar-refractivity contribution in [2.75, 3.05) is 13.2 Å². The molecule has 0 bridgehead atoms. The van der Waals surface area contributed by atoms with Gasteiger partial charge < -0.3 is 15.7 Å². The number of hydrogen-bond donors (Lipinski definition) is 3. The number of carbonyl (C=O) groups is 1. The van der Waals surface area contributed by atoms with Gasteiger partial charge in [0.05, 0.1) is 12.6 Å². The number of hydrogen-bond acceptors (Lipinski definition) is 3. The number of carbonyl (C=O) groups excluding carboxylic acids is 1. The van der Waals surface area contributed by atoms with Gasteiger partial charge in [-0.15, -0.1) is 0 Å². The molecule has 108 valence electrons. The van der Waals surface area contributed by atoms with Gasteiger partial charge in [0.25, 0.3) is 0 Å². The molecule has 3 unspecified atom stereocenters. The highest BCUT2D eigenvalue weighted by Crippen LogP contribution is 2.44. The lowest BCUT2D eigenvalue weighted by Gasteiger charge is -2.40. The number of amides is 1. The molecule has 3 rings (SSSR count). The number of nitrogens with one attached hydrogen (secondary N) is 2. The van der Waals surface area contributed by atoms with Gasteiger partial charge in [0.1, 0.15) is 0 Å². The Balaban J connectivity index is 1.47. The van der Waals surface area contributed by atoms with Gasteiger partial charge in [-0.25, -0.2) is 0 Å². The van der Waals surface area contributed by atoms with Crippen molar-refractivity contribution in [1.82, 2.24) is 10.6 Å². The summed E-state index contributed by atoms with van der Waals surface area (Å²) in [6.45, 7) is 0.852. The smallest absolute Gasteiger partial charge is 0.237 e. The highest BCUT2D eigenvalue weighted by molar-refractivity contribution is 5.82. The normalized spacial score (nSPS) is 36.4. The summed E-state index contributed by atoms with van der Waals surface area (Å²) in [6, 6.07) is 0.555. The molecule has 1 aliphatic heterocycles. The van der Waals surface area contributed by atoms with Crippen LogP contribution in [0.25, 0.3) is 0 Å². The van der Waals surface area contributed by atoms with Crippen molar-refractivity contribution in [2.24, 2.45) is 11.3 Å². The molecule has 4 nitrogen and oxygen atoms in total. The van der Waals surface area contributed by atoms with Crippen molar-refractivity contribution in [3.8, 4) is 0 Å². The number of fused-ring (bicyclic) bond motifs is 1. The van der Waals surface area contributed by atoms with Crippen molar-refractivity contribution < 1.29 is 9.90 Å². The van der Waals surface area contributed by atoms with Crippen LogP contribution in [0.5, 0.6) is 0 Å². The molecule has 3 N–H and O–H groups in total. The summed E-state index contributed by atoms with van der Waals surface area (Å²) in [5, 5.41) is 15.9. The minimum atomic E-state index is -0.00570. The number of piperidine rings is 1. The highest BCUT2D eigenvalue weighted by atomic mass is 16.3. The van der Waals surface area contributed by atoms with E-state index in [9.17, 15) is 9.90 Å². The fourth-order valence-electron chi connectivity index (χ4n) is 3.67. The van der Waals surface area contributed by atoms with Crippen LogP contribution in [0.3, 0.4) is 0 Å². The Kier molecular flexibility index (Phi) is 3.81. The molecule has 3 aliphatic rings. The molecule has 2 saturated carbocycles. The van der Waals surface area contributed by atoms with E-state index in [4.69, 9.17) is 0 Å². The molecule has 19 heavy (non-hydrogen) atoms. The van der Waals surface area contributed by atoms with E-state index in [2.05, 4.69) is 10.6 Å². The largest absolute Gasteiger partial charge is 0.396 e. The van der Waals surface area contributed by atoms with Gasteiger partial charge in [-0.05, 0) is 44.4 Å². The number of aliphatic hydroxyl groups is 1. The summed E-state index contributed by atoms with van der Waals surface area (Å²) < 4.78 is 0. The first-order valence-electron chi connectivity index (χ1n) is 7.87. The molecule has 0 radical (unpaired) electrons. The molecule has 4 heteroatoms. The zero-order chi connectivity index (χ0) is 13.3.